The van der Waals surface area contributed by atoms with Gasteiger partial charge in [0.25, 0.3) is 5.91 Å². The van der Waals surface area contributed by atoms with Crippen molar-refractivity contribution in [2.45, 2.75) is 70.5 Å². The van der Waals surface area contributed by atoms with Crippen molar-refractivity contribution in [3.8, 4) is 11.3 Å². The minimum atomic E-state index is 0.0482. The summed E-state index contributed by atoms with van der Waals surface area (Å²) in [6.07, 6.45) is 8.58. The molecule has 2 aliphatic heterocycles. The van der Waals surface area contributed by atoms with E-state index in [0.717, 1.165) is 92.1 Å². The first kappa shape index (κ1) is 27.4. The first-order valence-electron chi connectivity index (χ1n) is 15.5. The maximum atomic E-state index is 14.2. The van der Waals surface area contributed by atoms with Gasteiger partial charge in [0.15, 0.2) is 0 Å². The van der Waals surface area contributed by atoms with Crippen molar-refractivity contribution in [2.24, 2.45) is 5.92 Å². The normalized spacial score (nSPS) is 20.9. The van der Waals surface area contributed by atoms with Crippen LogP contribution in [0, 0.1) is 5.92 Å². The Bertz CT molecular complexity index is 1280. The molecule has 1 amide bonds. The SMILES string of the molecule is CC(NC(=O)c1c(CN2CCC(N3CCOCC3)CC2)c(-c2ccccc2)nc2ccccc12)C1CCCCC1. The van der Waals surface area contributed by atoms with Crippen molar-refractivity contribution >= 4 is 16.8 Å². The molecule has 3 aliphatic rings. The molecular formula is C34H44N4O2. The highest BCUT2D eigenvalue weighted by Crippen LogP contribution is 2.33. The number of nitrogens with one attached hydrogen (secondary N) is 1. The van der Waals surface area contributed by atoms with E-state index in [1.807, 2.05) is 24.3 Å². The molecule has 2 aromatic carbocycles. The van der Waals surface area contributed by atoms with E-state index >= 15 is 0 Å². The molecule has 1 atom stereocenters. The molecule has 0 bridgehead atoms. The predicted octanol–water partition coefficient (Wildman–Crippen LogP) is 5.90. The Morgan fingerprint density at radius 3 is 2.38 bits per heavy atom. The number of nitrogens with zero attached hydrogens (tertiary/aromatic N) is 3. The van der Waals surface area contributed by atoms with Gasteiger partial charge >= 0.3 is 0 Å². The molecule has 40 heavy (non-hydrogen) atoms. The molecule has 0 spiro atoms. The Labute approximate surface area is 239 Å². The molecule has 3 aromatic rings. The molecule has 6 heteroatoms. The first-order chi connectivity index (χ1) is 19.7. The third-order valence-electron chi connectivity index (χ3n) is 9.48. The van der Waals surface area contributed by atoms with Gasteiger partial charge in [-0.25, -0.2) is 4.98 Å². The maximum Gasteiger partial charge on any atom is 0.252 e. The minimum absolute atomic E-state index is 0.0482. The number of aromatic nitrogens is 1. The van der Waals surface area contributed by atoms with Gasteiger partial charge in [0.2, 0.25) is 0 Å². The summed E-state index contributed by atoms with van der Waals surface area (Å²) in [5, 5.41) is 4.41. The third kappa shape index (κ3) is 6.09. The van der Waals surface area contributed by atoms with Gasteiger partial charge in [-0.1, -0.05) is 67.8 Å². The second-order valence-corrected chi connectivity index (χ2v) is 12.0. The van der Waals surface area contributed by atoms with Gasteiger partial charge in [0.1, 0.15) is 0 Å². The number of benzene rings is 2. The highest BCUT2D eigenvalue weighted by Gasteiger charge is 2.30. The number of rotatable bonds is 7. The van der Waals surface area contributed by atoms with Crippen LogP contribution in [-0.2, 0) is 11.3 Å². The molecule has 212 valence electrons. The Morgan fingerprint density at radius 2 is 1.62 bits per heavy atom. The van der Waals surface area contributed by atoms with Crippen LogP contribution in [0.15, 0.2) is 54.6 Å². The third-order valence-corrected chi connectivity index (χ3v) is 9.48. The lowest BCUT2D eigenvalue weighted by molar-refractivity contribution is 0.000225. The van der Waals surface area contributed by atoms with Gasteiger partial charge in [0.05, 0.1) is 30.0 Å². The Kier molecular flexibility index (Phi) is 8.76. The molecule has 1 aromatic heterocycles. The van der Waals surface area contributed by atoms with Gasteiger partial charge in [0, 0.05) is 48.2 Å². The summed E-state index contributed by atoms with van der Waals surface area (Å²) >= 11 is 0. The van der Waals surface area contributed by atoms with Crippen molar-refractivity contribution in [2.75, 3.05) is 39.4 Å². The second-order valence-electron chi connectivity index (χ2n) is 12.0. The first-order valence-corrected chi connectivity index (χ1v) is 15.5. The zero-order valence-corrected chi connectivity index (χ0v) is 24.0. The van der Waals surface area contributed by atoms with Crippen LogP contribution in [-0.4, -0.2) is 72.2 Å². The average Bonchev–Trinajstić information content (AvgIpc) is 3.02. The van der Waals surface area contributed by atoms with Gasteiger partial charge in [-0.15, -0.1) is 0 Å². The van der Waals surface area contributed by atoms with Crippen LogP contribution in [0.2, 0.25) is 0 Å². The van der Waals surface area contributed by atoms with E-state index in [-0.39, 0.29) is 11.9 Å². The Balaban J connectivity index is 1.33. The number of hydrogen-bond donors (Lipinski definition) is 1. The molecule has 1 aliphatic carbocycles. The van der Waals surface area contributed by atoms with Crippen LogP contribution in [0.25, 0.3) is 22.2 Å². The second kappa shape index (κ2) is 12.8. The van der Waals surface area contributed by atoms with E-state index in [1.54, 1.807) is 0 Å². The van der Waals surface area contributed by atoms with Crippen molar-refractivity contribution < 1.29 is 9.53 Å². The van der Waals surface area contributed by atoms with E-state index < -0.39 is 0 Å². The lowest BCUT2D eigenvalue weighted by Gasteiger charge is -2.40. The molecule has 2 saturated heterocycles. The number of piperidine rings is 1. The van der Waals surface area contributed by atoms with Gasteiger partial charge in [-0.3, -0.25) is 14.6 Å². The van der Waals surface area contributed by atoms with Crippen molar-refractivity contribution in [1.29, 1.82) is 0 Å². The van der Waals surface area contributed by atoms with E-state index in [1.165, 1.54) is 32.1 Å². The molecular weight excluding hydrogens is 496 g/mol. The molecule has 6 rings (SSSR count). The highest BCUT2D eigenvalue weighted by atomic mass is 16.5. The molecule has 6 nitrogen and oxygen atoms in total. The molecule has 3 fully saturated rings. The molecule has 1 N–H and O–H groups in total. The van der Waals surface area contributed by atoms with Crippen LogP contribution in [0.5, 0.6) is 0 Å². The Morgan fingerprint density at radius 1 is 0.925 bits per heavy atom. The van der Waals surface area contributed by atoms with Gasteiger partial charge in [-0.2, -0.15) is 0 Å². The number of amides is 1. The highest BCUT2D eigenvalue weighted by molar-refractivity contribution is 6.09. The quantitative estimate of drug-likeness (QED) is 0.405. The zero-order valence-electron chi connectivity index (χ0n) is 24.0. The van der Waals surface area contributed by atoms with Crippen molar-refractivity contribution in [3.63, 3.8) is 0 Å². The van der Waals surface area contributed by atoms with Gasteiger partial charge in [-0.05, 0) is 57.7 Å². The number of likely N-dealkylation sites (tertiary alicyclic amines) is 1. The molecule has 3 heterocycles. The summed E-state index contributed by atoms with van der Waals surface area (Å²) in [4.78, 5) is 24.6. The van der Waals surface area contributed by atoms with Crippen LogP contribution in [0.3, 0.4) is 0 Å². The van der Waals surface area contributed by atoms with Crippen LogP contribution in [0.1, 0.15) is 67.8 Å². The monoisotopic (exact) mass is 540 g/mol. The summed E-state index contributed by atoms with van der Waals surface area (Å²) in [7, 11) is 0. The fourth-order valence-electron chi connectivity index (χ4n) is 7.14. The fraction of sp³-hybridized carbons (Fsp3) is 0.529. The van der Waals surface area contributed by atoms with E-state index in [9.17, 15) is 4.79 Å². The number of fused-ring (bicyclic) bond motifs is 1. The number of para-hydroxylation sites is 1. The number of hydrogen-bond acceptors (Lipinski definition) is 5. The number of carbonyl (C=O) groups is 1. The summed E-state index contributed by atoms with van der Waals surface area (Å²) in [5.74, 6) is 0.606. The number of ether oxygens (including phenoxy) is 1. The van der Waals surface area contributed by atoms with E-state index in [0.29, 0.717) is 12.0 Å². The maximum absolute atomic E-state index is 14.2. The lowest BCUT2D eigenvalue weighted by Crippen LogP contribution is -2.49. The molecule has 1 unspecified atom stereocenters. The summed E-state index contributed by atoms with van der Waals surface area (Å²) in [6, 6.07) is 19.4. The van der Waals surface area contributed by atoms with Gasteiger partial charge < -0.3 is 10.1 Å². The van der Waals surface area contributed by atoms with Crippen LogP contribution in [0.4, 0.5) is 0 Å². The van der Waals surface area contributed by atoms with Crippen LogP contribution < -0.4 is 5.32 Å². The number of morpholine rings is 1. The average molecular weight is 541 g/mol. The summed E-state index contributed by atoms with van der Waals surface area (Å²) in [5.41, 5.74) is 4.75. The predicted molar refractivity (Wildman–Crippen MR) is 161 cm³/mol. The molecule has 1 saturated carbocycles. The van der Waals surface area contributed by atoms with Crippen molar-refractivity contribution in [1.82, 2.24) is 20.1 Å². The summed E-state index contributed by atoms with van der Waals surface area (Å²) in [6.45, 7) is 8.78. The van der Waals surface area contributed by atoms with Crippen LogP contribution >= 0.6 is 0 Å². The minimum Gasteiger partial charge on any atom is -0.379 e. The standard InChI is InChI=1S/C34H44N4O2/c1-25(26-10-4-2-5-11-26)35-34(39)32-29-14-8-9-15-31(29)36-33(27-12-6-3-7-13-27)30(32)24-37-18-16-28(17-19-37)38-20-22-40-23-21-38/h3,6-9,12-15,25-26,28H,2,4-5,10-11,16-24H2,1H3,(H,35,39). The zero-order chi connectivity index (χ0) is 27.3. The lowest BCUT2D eigenvalue weighted by atomic mass is 9.84. The summed E-state index contributed by atoms with van der Waals surface area (Å²) < 4.78 is 5.59. The number of pyridine rings is 1. The Hall–Kier alpha value is -2.80. The van der Waals surface area contributed by atoms with Crippen molar-refractivity contribution in [3.05, 3.63) is 65.7 Å². The number of carbonyl (C=O) groups excluding carboxylic acids is 1. The fourth-order valence-corrected chi connectivity index (χ4v) is 7.14. The largest absolute Gasteiger partial charge is 0.379 e. The topological polar surface area (TPSA) is 57.7 Å². The van der Waals surface area contributed by atoms with E-state index in [4.69, 9.17) is 9.72 Å². The molecule has 0 radical (unpaired) electrons. The smallest absolute Gasteiger partial charge is 0.252 e. The van der Waals surface area contributed by atoms with E-state index in [2.05, 4.69) is 52.4 Å².